The average Bonchev–Trinajstić information content (AvgIpc) is 2.83. The van der Waals surface area contributed by atoms with E-state index in [1.165, 1.54) is 4.90 Å². The lowest BCUT2D eigenvalue weighted by molar-refractivity contribution is -0.138. The summed E-state index contributed by atoms with van der Waals surface area (Å²) in [4.78, 5) is 47.6. The molecule has 2 rings (SSSR count). The van der Waals surface area contributed by atoms with Gasteiger partial charge in [-0.05, 0) is 61.7 Å². The Morgan fingerprint density at radius 1 is 0.718 bits per heavy atom. The zero-order valence-corrected chi connectivity index (χ0v) is 21.5. The van der Waals surface area contributed by atoms with Crippen LogP contribution in [-0.2, 0) is 25.6 Å². The lowest BCUT2D eigenvalue weighted by Crippen LogP contribution is -2.35. The number of hydrogen-bond donors (Lipinski definition) is 5. The van der Waals surface area contributed by atoms with Crippen molar-refractivity contribution in [1.82, 2.24) is 0 Å². The van der Waals surface area contributed by atoms with Crippen molar-refractivity contribution in [2.45, 2.75) is 19.8 Å². The third-order valence-electron chi connectivity index (χ3n) is 5.39. The van der Waals surface area contributed by atoms with Gasteiger partial charge in [0.2, 0.25) is 0 Å². The summed E-state index contributed by atoms with van der Waals surface area (Å²) < 4.78 is 11.7. The van der Waals surface area contributed by atoms with E-state index in [0.29, 0.717) is 19.4 Å². The molecule has 0 radical (unpaired) electrons. The maximum Gasteiger partial charge on any atom is 0.323 e. The van der Waals surface area contributed by atoms with E-state index in [-0.39, 0.29) is 36.1 Å². The molecular formula is C26H33N3O10. The molecule has 0 aromatic heterocycles. The second kappa shape index (κ2) is 15.0. The number of benzene rings is 2. The first-order chi connectivity index (χ1) is 18.5. The molecule has 0 aliphatic carbocycles. The van der Waals surface area contributed by atoms with Crippen LogP contribution in [0.1, 0.15) is 17.5 Å². The van der Waals surface area contributed by atoms with E-state index in [0.717, 1.165) is 16.0 Å². The quantitative estimate of drug-likeness (QED) is 0.167. The highest BCUT2D eigenvalue weighted by atomic mass is 16.5. The molecule has 0 amide bonds. The minimum atomic E-state index is -1.21. The van der Waals surface area contributed by atoms with Crippen LogP contribution in [0.15, 0.2) is 36.4 Å². The summed E-state index contributed by atoms with van der Waals surface area (Å²) in [7, 11) is 0. The first kappa shape index (κ1) is 30.7. The number of carbonyl (C=O) groups is 4. The molecule has 212 valence electrons. The average molecular weight is 548 g/mol. The predicted octanol–water partition coefficient (Wildman–Crippen LogP) is 1.30. The number of aryl methyl sites for hydroxylation is 2. The second-order valence-electron chi connectivity index (χ2n) is 8.65. The highest BCUT2D eigenvalue weighted by molar-refractivity contribution is 5.82. The lowest BCUT2D eigenvalue weighted by Gasteiger charge is -2.25. The van der Waals surface area contributed by atoms with Crippen LogP contribution in [0.25, 0.3) is 0 Å². The highest BCUT2D eigenvalue weighted by Gasteiger charge is 2.20. The summed E-state index contributed by atoms with van der Waals surface area (Å²) in [5.74, 6) is -4.32. The molecule has 0 unspecified atom stereocenters. The fourth-order valence-electron chi connectivity index (χ4n) is 3.80. The van der Waals surface area contributed by atoms with Crippen LogP contribution in [0.5, 0.6) is 11.5 Å². The van der Waals surface area contributed by atoms with Gasteiger partial charge in [-0.15, -0.1) is 0 Å². The fraction of sp³-hybridized carbons (Fsp3) is 0.385. The molecule has 0 fully saturated rings. The standard InChI is InChI=1S/C26H33N3O10/c1-17-4-6-19(28(13-23(30)31)14-24(32)33)21(11-17)38-9-10-39-22-12-18(3-2-8-27)5-7-20(22)29(15-25(34)35)16-26(36)37/h4-7,11-12H,2-3,8-10,13-16,27H2,1H3,(H,30,31)(H,32,33)(H,34,35)(H,36,37). The van der Waals surface area contributed by atoms with Crippen LogP contribution in [0.2, 0.25) is 0 Å². The van der Waals surface area contributed by atoms with Gasteiger partial charge in [0.05, 0.1) is 11.4 Å². The summed E-state index contributed by atoms with van der Waals surface area (Å²) in [5, 5.41) is 37.0. The van der Waals surface area contributed by atoms with Crippen molar-refractivity contribution in [3.63, 3.8) is 0 Å². The van der Waals surface area contributed by atoms with Crippen LogP contribution >= 0.6 is 0 Å². The molecule has 0 saturated heterocycles. The van der Waals surface area contributed by atoms with Crippen molar-refractivity contribution in [2.75, 3.05) is 55.7 Å². The van der Waals surface area contributed by atoms with Crippen LogP contribution in [-0.4, -0.2) is 90.2 Å². The van der Waals surface area contributed by atoms with Crippen molar-refractivity contribution in [2.24, 2.45) is 5.73 Å². The summed E-state index contributed by atoms with van der Waals surface area (Å²) in [5.41, 5.74) is 7.82. The summed E-state index contributed by atoms with van der Waals surface area (Å²) in [6.45, 7) is -0.0242. The first-order valence-electron chi connectivity index (χ1n) is 12.1. The molecule has 2 aromatic carbocycles. The van der Waals surface area contributed by atoms with Crippen LogP contribution in [0.3, 0.4) is 0 Å². The van der Waals surface area contributed by atoms with Gasteiger partial charge in [0.25, 0.3) is 0 Å². The molecule has 0 bridgehead atoms. The van der Waals surface area contributed by atoms with Gasteiger partial charge >= 0.3 is 23.9 Å². The van der Waals surface area contributed by atoms with E-state index >= 15 is 0 Å². The monoisotopic (exact) mass is 547 g/mol. The number of nitrogens with zero attached hydrogens (tertiary/aromatic N) is 2. The number of nitrogens with two attached hydrogens (primary N) is 1. The minimum absolute atomic E-state index is 0.0330. The smallest absolute Gasteiger partial charge is 0.323 e. The van der Waals surface area contributed by atoms with E-state index in [4.69, 9.17) is 15.2 Å². The Morgan fingerprint density at radius 2 is 1.15 bits per heavy atom. The van der Waals surface area contributed by atoms with Gasteiger partial charge in [-0.2, -0.15) is 0 Å². The van der Waals surface area contributed by atoms with Gasteiger partial charge in [-0.25, -0.2) is 0 Å². The van der Waals surface area contributed by atoms with Crippen molar-refractivity contribution in [3.05, 3.63) is 47.5 Å². The van der Waals surface area contributed by atoms with Crippen molar-refractivity contribution in [3.8, 4) is 11.5 Å². The lowest BCUT2D eigenvalue weighted by atomic mass is 10.1. The van der Waals surface area contributed by atoms with Crippen LogP contribution < -0.4 is 25.0 Å². The maximum absolute atomic E-state index is 11.4. The molecule has 0 aliphatic rings. The topological polar surface area (TPSA) is 200 Å². The Morgan fingerprint density at radius 3 is 1.59 bits per heavy atom. The largest absolute Gasteiger partial charge is 0.488 e. The maximum atomic E-state index is 11.4. The number of anilines is 2. The van der Waals surface area contributed by atoms with Crippen molar-refractivity contribution < 1.29 is 49.1 Å². The summed E-state index contributed by atoms with van der Waals surface area (Å²) in [6, 6.07) is 9.97. The molecule has 13 heteroatoms. The molecule has 2 aromatic rings. The number of aliphatic carboxylic acids is 4. The molecule has 0 atom stereocenters. The number of carboxylic acid groups (broad SMARTS) is 4. The van der Waals surface area contributed by atoms with E-state index in [1.54, 1.807) is 43.3 Å². The molecule has 0 heterocycles. The molecule has 6 N–H and O–H groups in total. The Balaban J connectivity index is 2.26. The number of hydrogen-bond acceptors (Lipinski definition) is 9. The number of ether oxygens (including phenoxy) is 2. The Bertz CT molecular complexity index is 1140. The van der Waals surface area contributed by atoms with Gasteiger partial charge in [0.1, 0.15) is 50.9 Å². The van der Waals surface area contributed by atoms with Gasteiger partial charge < -0.3 is 45.4 Å². The normalized spacial score (nSPS) is 10.5. The SMILES string of the molecule is Cc1ccc(N(CC(=O)O)CC(=O)O)c(OCCOc2cc(CCCN)ccc2N(CC(=O)O)CC(=O)O)c1. The predicted molar refractivity (Wildman–Crippen MR) is 141 cm³/mol. The van der Waals surface area contributed by atoms with Crippen molar-refractivity contribution >= 4 is 35.3 Å². The Labute approximate surface area is 225 Å². The number of rotatable bonds is 18. The molecule has 13 nitrogen and oxygen atoms in total. The van der Waals surface area contributed by atoms with Gasteiger partial charge in [-0.3, -0.25) is 19.2 Å². The Kier molecular flexibility index (Phi) is 11.8. The van der Waals surface area contributed by atoms with Gasteiger partial charge in [0.15, 0.2) is 0 Å². The van der Waals surface area contributed by atoms with Gasteiger partial charge in [0, 0.05) is 0 Å². The van der Waals surface area contributed by atoms with Crippen LogP contribution in [0.4, 0.5) is 11.4 Å². The van der Waals surface area contributed by atoms with E-state index in [2.05, 4.69) is 0 Å². The fourth-order valence-corrected chi connectivity index (χ4v) is 3.80. The number of carboxylic acids is 4. The van der Waals surface area contributed by atoms with E-state index in [9.17, 15) is 39.6 Å². The zero-order valence-electron chi connectivity index (χ0n) is 21.5. The first-order valence-corrected chi connectivity index (χ1v) is 12.1. The Hall–Kier alpha value is -4.52. The van der Waals surface area contributed by atoms with E-state index in [1.807, 2.05) is 0 Å². The third kappa shape index (κ3) is 10.4. The summed E-state index contributed by atoms with van der Waals surface area (Å²) in [6.07, 6.45) is 1.34. The van der Waals surface area contributed by atoms with Gasteiger partial charge in [-0.1, -0.05) is 12.1 Å². The van der Waals surface area contributed by atoms with E-state index < -0.39 is 50.1 Å². The van der Waals surface area contributed by atoms with Crippen LogP contribution in [0, 0.1) is 6.92 Å². The molecule has 39 heavy (non-hydrogen) atoms. The minimum Gasteiger partial charge on any atom is -0.488 e. The zero-order chi connectivity index (χ0) is 28.9. The molecular weight excluding hydrogens is 514 g/mol. The third-order valence-corrected chi connectivity index (χ3v) is 5.39. The highest BCUT2D eigenvalue weighted by Crippen LogP contribution is 2.32. The second-order valence-corrected chi connectivity index (χ2v) is 8.65. The van der Waals surface area contributed by atoms with Crippen molar-refractivity contribution in [1.29, 1.82) is 0 Å². The molecule has 0 spiro atoms. The summed E-state index contributed by atoms with van der Waals surface area (Å²) >= 11 is 0. The molecule has 0 saturated carbocycles. The molecule has 0 aliphatic heterocycles.